The van der Waals surface area contributed by atoms with Crippen LogP contribution in [0.1, 0.15) is 28.4 Å². The number of para-hydroxylation sites is 1. The van der Waals surface area contributed by atoms with Crippen molar-refractivity contribution in [2.75, 3.05) is 18.4 Å². The molecule has 0 bridgehead atoms. The number of phenols is 1. The number of alkyl halides is 3. The second kappa shape index (κ2) is 13.9. The monoisotopic (exact) mass is 569 g/mol. The van der Waals surface area contributed by atoms with Crippen molar-refractivity contribution in [2.45, 2.75) is 25.3 Å². The van der Waals surface area contributed by atoms with Gasteiger partial charge in [0.05, 0.1) is 12.7 Å². The lowest BCUT2D eigenvalue weighted by atomic mass is 10.1. The molecule has 0 aliphatic heterocycles. The molecule has 11 heteroatoms. The SMILES string of the molecule is OCc1cc(C(O)CNCCc2ccc(Nc3ccc(ONOc4ccccc4C(F)(F)F)cc3)cc2)ccc1O. The molecule has 0 aromatic heterocycles. The van der Waals surface area contributed by atoms with E-state index in [1.54, 1.807) is 36.4 Å². The summed E-state index contributed by atoms with van der Waals surface area (Å²) in [6.07, 6.45) is -4.57. The fourth-order valence-corrected chi connectivity index (χ4v) is 3.96. The van der Waals surface area contributed by atoms with Crippen LogP contribution in [0.5, 0.6) is 17.2 Å². The van der Waals surface area contributed by atoms with Crippen LogP contribution < -0.4 is 26.0 Å². The first kappa shape index (κ1) is 29.7. The predicted molar refractivity (Wildman–Crippen MR) is 148 cm³/mol. The molecule has 6 N–H and O–H groups in total. The van der Waals surface area contributed by atoms with Gasteiger partial charge in [-0.05, 0) is 84.8 Å². The Morgan fingerprint density at radius 3 is 2.20 bits per heavy atom. The Balaban J connectivity index is 1.19. The van der Waals surface area contributed by atoms with E-state index >= 15 is 0 Å². The largest absolute Gasteiger partial charge is 0.508 e. The van der Waals surface area contributed by atoms with Crippen molar-refractivity contribution in [1.29, 1.82) is 0 Å². The van der Waals surface area contributed by atoms with Gasteiger partial charge in [0.25, 0.3) is 0 Å². The number of halogens is 3. The average molecular weight is 570 g/mol. The zero-order valence-electron chi connectivity index (χ0n) is 21.9. The maximum Gasteiger partial charge on any atom is 0.420 e. The normalized spacial score (nSPS) is 12.1. The first-order valence-corrected chi connectivity index (χ1v) is 12.8. The van der Waals surface area contributed by atoms with E-state index in [-0.39, 0.29) is 12.4 Å². The topological polar surface area (TPSA) is 115 Å². The van der Waals surface area contributed by atoms with E-state index in [1.165, 1.54) is 24.3 Å². The third-order valence-electron chi connectivity index (χ3n) is 6.19. The second-order valence-electron chi connectivity index (χ2n) is 9.14. The minimum atomic E-state index is -4.55. The van der Waals surface area contributed by atoms with E-state index in [1.807, 2.05) is 24.3 Å². The van der Waals surface area contributed by atoms with Gasteiger partial charge >= 0.3 is 6.18 Å². The van der Waals surface area contributed by atoms with Gasteiger partial charge in [-0.3, -0.25) is 0 Å². The maximum atomic E-state index is 13.0. The van der Waals surface area contributed by atoms with Gasteiger partial charge in [0.15, 0.2) is 11.5 Å². The minimum absolute atomic E-state index is 0.00376. The lowest BCUT2D eigenvalue weighted by Gasteiger charge is -2.14. The minimum Gasteiger partial charge on any atom is -0.508 e. The van der Waals surface area contributed by atoms with Crippen LogP contribution >= 0.6 is 0 Å². The van der Waals surface area contributed by atoms with Crippen molar-refractivity contribution in [3.05, 3.63) is 113 Å². The molecule has 1 atom stereocenters. The standard InChI is InChI=1S/C30H30F3N3O5/c31-30(32,33)26-3-1-2-4-29(26)41-36-40-25-12-10-24(11-13-25)35-23-8-5-20(6-9-23)15-16-34-18-28(39)21-7-14-27(38)22(17-21)19-37/h1-14,17,28,34-39H,15-16,18-19H2. The van der Waals surface area contributed by atoms with Gasteiger partial charge in [-0.2, -0.15) is 13.2 Å². The van der Waals surface area contributed by atoms with E-state index in [0.29, 0.717) is 30.0 Å². The number of rotatable bonds is 13. The van der Waals surface area contributed by atoms with Crippen molar-refractivity contribution < 1.29 is 38.2 Å². The molecule has 4 aromatic rings. The van der Waals surface area contributed by atoms with Gasteiger partial charge in [-0.15, -0.1) is 0 Å². The van der Waals surface area contributed by atoms with E-state index in [2.05, 4.69) is 16.3 Å². The van der Waals surface area contributed by atoms with Crippen molar-refractivity contribution >= 4 is 11.4 Å². The van der Waals surface area contributed by atoms with Crippen LogP contribution in [0, 0.1) is 0 Å². The molecular weight excluding hydrogens is 539 g/mol. The molecule has 8 nitrogen and oxygen atoms in total. The Labute approximate surface area is 234 Å². The Bertz CT molecular complexity index is 1400. The summed E-state index contributed by atoms with van der Waals surface area (Å²) in [5.41, 5.74) is 4.91. The summed E-state index contributed by atoms with van der Waals surface area (Å²) >= 11 is 0. The lowest BCUT2D eigenvalue weighted by Crippen LogP contribution is -2.24. The molecule has 0 saturated heterocycles. The molecule has 0 heterocycles. The summed E-state index contributed by atoms with van der Waals surface area (Å²) < 4.78 is 39.1. The molecule has 1 unspecified atom stereocenters. The molecule has 0 aliphatic carbocycles. The van der Waals surface area contributed by atoms with Gasteiger partial charge in [0.2, 0.25) is 0 Å². The second-order valence-corrected chi connectivity index (χ2v) is 9.14. The number of aromatic hydroxyl groups is 1. The molecule has 41 heavy (non-hydrogen) atoms. The van der Waals surface area contributed by atoms with Gasteiger partial charge in [0, 0.05) is 29.1 Å². The number of anilines is 2. The Morgan fingerprint density at radius 1 is 0.829 bits per heavy atom. The van der Waals surface area contributed by atoms with E-state index in [0.717, 1.165) is 29.4 Å². The van der Waals surface area contributed by atoms with Crippen LogP contribution in [0.2, 0.25) is 0 Å². The summed E-state index contributed by atoms with van der Waals surface area (Å²) in [5.74, 6) is -0.0651. The number of hydrogen-bond acceptors (Lipinski definition) is 8. The van der Waals surface area contributed by atoms with Crippen LogP contribution in [0.3, 0.4) is 0 Å². The predicted octanol–water partition coefficient (Wildman–Crippen LogP) is 5.39. The molecule has 0 aliphatic rings. The number of benzene rings is 4. The molecule has 0 fully saturated rings. The first-order valence-electron chi connectivity index (χ1n) is 12.8. The van der Waals surface area contributed by atoms with Gasteiger partial charge in [-0.1, -0.05) is 30.3 Å². The number of hydrogen-bond donors (Lipinski definition) is 6. The average Bonchev–Trinajstić information content (AvgIpc) is 2.97. The van der Waals surface area contributed by atoms with Crippen LogP contribution in [0.15, 0.2) is 91.0 Å². The van der Waals surface area contributed by atoms with Gasteiger partial charge in [-0.25, -0.2) is 0 Å². The van der Waals surface area contributed by atoms with Crippen LogP contribution in [0.4, 0.5) is 24.5 Å². The fourth-order valence-electron chi connectivity index (χ4n) is 3.96. The summed E-state index contributed by atoms with van der Waals surface area (Å²) in [5, 5.41) is 35.8. The van der Waals surface area contributed by atoms with Crippen LogP contribution in [-0.4, -0.2) is 28.4 Å². The Kier molecular flexibility index (Phi) is 10.0. The van der Waals surface area contributed by atoms with Crippen molar-refractivity contribution in [2.24, 2.45) is 0 Å². The highest BCUT2D eigenvalue weighted by Gasteiger charge is 2.34. The molecule has 216 valence electrons. The van der Waals surface area contributed by atoms with Gasteiger partial charge in [0.1, 0.15) is 11.3 Å². The summed E-state index contributed by atoms with van der Waals surface area (Å²) in [7, 11) is 0. The molecular formula is C30H30F3N3O5. The summed E-state index contributed by atoms with van der Waals surface area (Å²) in [4.78, 5) is 10.1. The van der Waals surface area contributed by atoms with E-state index in [9.17, 15) is 28.5 Å². The lowest BCUT2D eigenvalue weighted by molar-refractivity contribution is -0.141. The molecule has 0 amide bonds. The van der Waals surface area contributed by atoms with E-state index < -0.39 is 23.6 Å². The molecule has 0 radical (unpaired) electrons. The molecule has 0 saturated carbocycles. The first-order chi connectivity index (χ1) is 19.7. The summed E-state index contributed by atoms with van der Waals surface area (Å²) in [6.45, 7) is 0.678. The highest BCUT2D eigenvalue weighted by atomic mass is 19.4. The van der Waals surface area contributed by atoms with Gasteiger partial charge < -0.3 is 35.6 Å². The highest BCUT2D eigenvalue weighted by Crippen LogP contribution is 2.35. The van der Waals surface area contributed by atoms with Crippen LogP contribution in [-0.2, 0) is 19.2 Å². The van der Waals surface area contributed by atoms with Crippen molar-refractivity contribution in [1.82, 2.24) is 11.0 Å². The Morgan fingerprint density at radius 2 is 1.51 bits per heavy atom. The molecule has 4 aromatic carbocycles. The molecule has 4 rings (SSSR count). The zero-order chi connectivity index (χ0) is 29.2. The van der Waals surface area contributed by atoms with Crippen LogP contribution in [0.25, 0.3) is 0 Å². The third kappa shape index (κ3) is 8.60. The fraction of sp³-hybridized carbons (Fsp3) is 0.200. The number of aliphatic hydroxyl groups excluding tert-OH is 2. The zero-order valence-corrected chi connectivity index (χ0v) is 21.9. The summed E-state index contributed by atoms with van der Waals surface area (Å²) in [6, 6.07) is 24.1. The Hall–Kier alpha value is -4.29. The quantitative estimate of drug-likeness (QED) is 0.0939. The molecule has 0 spiro atoms. The number of nitrogens with one attached hydrogen (secondary N) is 3. The van der Waals surface area contributed by atoms with E-state index in [4.69, 9.17) is 9.68 Å². The van der Waals surface area contributed by atoms with Crippen molar-refractivity contribution in [3.63, 3.8) is 0 Å². The maximum absolute atomic E-state index is 13.0. The smallest absolute Gasteiger partial charge is 0.420 e. The third-order valence-corrected chi connectivity index (χ3v) is 6.19. The van der Waals surface area contributed by atoms with Crippen molar-refractivity contribution in [3.8, 4) is 17.2 Å². The number of aliphatic hydroxyl groups is 2. The highest BCUT2D eigenvalue weighted by molar-refractivity contribution is 5.60.